The molecule has 2 atom stereocenters. The second-order valence-corrected chi connectivity index (χ2v) is 8.19. The number of hydrogen-bond acceptors (Lipinski definition) is 3. The van der Waals surface area contributed by atoms with Gasteiger partial charge in [-0.15, -0.1) is 0 Å². The molecule has 2 aromatic carbocycles. The Bertz CT molecular complexity index is 765. The van der Waals surface area contributed by atoms with Crippen molar-refractivity contribution in [1.29, 1.82) is 0 Å². The molecule has 0 bridgehead atoms. The Labute approximate surface area is 157 Å². The number of likely N-dealkylation sites (tertiary alicyclic amines) is 1. The first-order valence-corrected chi connectivity index (χ1v) is 9.70. The number of ether oxygens (including phenoxy) is 1. The summed E-state index contributed by atoms with van der Waals surface area (Å²) in [4.78, 5) is 4.70. The number of nitrogens with zero attached hydrogens (tertiary/aromatic N) is 2. The monoisotopic (exact) mass is 350 g/mol. The van der Waals surface area contributed by atoms with Gasteiger partial charge in [0.2, 0.25) is 0 Å². The van der Waals surface area contributed by atoms with Gasteiger partial charge in [0, 0.05) is 19.1 Å². The maximum Gasteiger partial charge on any atom is 0.135 e. The van der Waals surface area contributed by atoms with Gasteiger partial charge in [0.1, 0.15) is 5.60 Å². The Balaban J connectivity index is 1.93. The van der Waals surface area contributed by atoms with Crippen molar-refractivity contribution in [2.24, 2.45) is 0 Å². The Morgan fingerprint density at radius 1 is 0.923 bits per heavy atom. The maximum absolute atomic E-state index is 7.24. The van der Waals surface area contributed by atoms with E-state index in [4.69, 9.17) is 4.74 Å². The molecule has 2 heterocycles. The molecule has 2 aliphatic heterocycles. The van der Waals surface area contributed by atoms with Crippen molar-refractivity contribution in [2.45, 2.75) is 37.0 Å². The summed E-state index contributed by atoms with van der Waals surface area (Å²) >= 11 is 0. The quantitative estimate of drug-likeness (QED) is 0.837. The molecule has 2 aromatic rings. The van der Waals surface area contributed by atoms with Crippen LogP contribution in [0.2, 0.25) is 0 Å². The second kappa shape index (κ2) is 6.49. The van der Waals surface area contributed by atoms with Crippen LogP contribution >= 0.6 is 0 Å². The zero-order valence-electron chi connectivity index (χ0n) is 16.4. The van der Waals surface area contributed by atoms with E-state index in [2.05, 4.69) is 92.5 Å². The fourth-order valence-corrected chi connectivity index (χ4v) is 4.79. The molecular weight excluding hydrogens is 320 g/mol. The minimum Gasteiger partial charge on any atom is -0.353 e. The van der Waals surface area contributed by atoms with Crippen molar-refractivity contribution in [1.82, 2.24) is 9.80 Å². The number of likely N-dealkylation sites (N-methyl/N-ethyl adjacent to an activating group) is 1. The Hall–Kier alpha value is -1.68. The summed E-state index contributed by atoms with van der Waals surface area (Å²) in [5.74, 6) is 0. The van der Waals surface area contributed by atoms with E-state index in [1.54, 1.807) is 0 Å². The van der Waals surface area contributed by atoms with Crippen LogP contribution in [0.5, 0.6) is 0 Å². The lowest BCUT2D eigenvalue weighted by Crippen LogP contribution is -2.50. The van der Waals surface area contributed by atoms with Crippen LogP contribution < -0.4 is 0 Å². The lowest BCUT2D eigenvalue weighted by molar-refractivity contribution is -0.167. The van der Waals surface area contributed by atoms with E-state index in [1.165, 1.54) is 16.7 Å². The van der Waals surface area contributed by atoms with Crippen molar-refractivity contribution in [3.05, 3.63) is 71.3 Å². The molecule has 3 nitrogen and oxygen atoms in total. The van der Waals surface area contributed by atoms with Crippen LogP contribution in [0.25, 0.3) is 0 Å². The van der Waals surface area contributed by atoms with Crippen LogP contribution in [0.1, 0.15) is 36.5 Å². The molecule has 0 saturated carbocycles. The number of rotatable bonds is 3. The first kappa shape index (κ1) is 17.7. The van der Waals surface area contributed by atoms with Crippen LogP contribution in [-0.4, -0.2) is 50.1 Å². The third-order valence-electron chi connectivity index (χ3n) is 6.53. The van der Waals surface area contributed by atoms with Gasteiger partial charge in [-0.1, -0.05) is 54.6 Å². The molecule has 4 rings (SSSR count). The summed E-state index contributed by atoms with van der Waals surface area (Å²) in [5.41, 5.74) is 3.38. The van der Waals surface area contributed by atoms with Gasteiger partial charge in [-0.25, -0.2) is 0 Å². The van der Waals surface area contributed by atoms with E-state index >= 15 is 0 Å². The van der Waals surface area contributed by atoms with Crippen LogP contribution in [-0.2, 0) is 15.9 Å². The first-order chi connectivity index (χ1) is 12.5. The molecule has 0 aromatic heterocycles. The molecule has 1 fully saturated rings. The largest absolute Gasteiger partial charge is 0.353 e. The third kappa shape index (κ3) is 2.53. The van der Waals surface area contributed by atoms with Gasteiger partial charge in [-0.3, -0.25) is 0 Å². The molecule has 26 heavy (non-hydrogen) atoms. The lowest BCUT2D eigenvalue weighted by atomic mass is 9.77. The zero-order chi connectivity index (χ0) is 18.4. The number of piperidine rings is 1. The van der Waals surface area contributed by atoms with E-state index in [0.717, 1.165) is 25.9 Å². The SMILES string of the molecule is CC(N(C)C)C1(c2ccccc2)OC2(CCN(C)CC2)c2ccccc21. The van der Waals surface area contributed by atoms with Crippen LogP contribution in [0.4, 0.5) is 0 Å². The van der Waals surface area contributed by atoms with Crippen LogP contribution in [0.15, 0.2) is 54.6 Å². The summed E-state index contributed by atoms with van der Waals surface area (Å²) in [7, 11) is 6.52. The van der Waals surface area contributed by atoms with Gasteiger partial charge >= 0.3 is 0 Å². The molecule has 138 valence electrons. The minimum absolute atomic E-state index is 0.177. The highest BCUT2D eigenvalue weighted by atomic mass is 16.5. The molecule has 1 saturated heterocycles. The molecular formula is C23H30N2O. The molecule has 0 radical (unpaired) electrons. The van der Waals surface area contributed by atoms with Gasteiger partial charge < -0.3 is 14.5 Å². The fourth-order valence-electron chi connectivity index (χ4n) is 4.79. The summed E-state index contributed by atoms with van der Waals surface area (Å²) in [6.07, 6.45) is 2.10. The Kier molecular flexibility index (Phi) is 4.42. The lowest BCUT2D eigenvalue weighted by Gasteiger charge is -2.44. The molecule has 0 N–H and O–H groups in total. The highest BCUT2D eigenvalue weighted by Crippen LogP contribution is 2.56. The summed E-state index contributed by atoms with van der Waals surface area (Å²) < 4.78 is 7.24. The van der Waals surface area contributed by atoms with E-state index in [-0.39, 0.29) is 11.6 Å². The highest BCUT2D eigenvalue weighted by molar-refractivity contribution is 5.49. The molecule has 0 amide bonds. The van der Waals surface area contributed by atoms with Crippen molar-refractivity contribution in [3.63, 3.8) is 0 Å². The molecule has 0 aliphatic carbocycles. The molecule has 3 heteroatoms. The van der Waals surface area contributed by atoms with E-state index in [9.17, 15) is 0 Å². The van der Waals surface area contributed by atoms with Crippen molar-refractivity contribution in [2.75, 3.05) is 34.2 Å². The molecule has 1 spiro atoms. The van der Waals surface area contributed by atoms with E-state index in [0.29, 0.717) is 0 Å². The number of fused-ring (bicyclic) bond motifs is 2. The minimum atomic E-state index is -0.433. The van der Waals surface area contributed by atoms with Crippen molar-refractivity contribution in [3.8, 4) is 0 Å². The topological polar surface area (TPSA) is 15.7 Å². The second-order valence-electron chi connectivity index (χ2n) is 8.19. The fraction of sp³-hybridized carbons (Fsp3) is 0.478. The molecule has 2 unspecified atom stereocenters. The molecule has 2 aliphatic rings. The summed E-state index contributed by atoms with van der Waals surface area (Å²) in [6, 6.07) is 19.9. The normalized spacial score (nSPS) is 26.2. The Morgan fingerprint density at radius 2 is 1.50 bits per heavy atom. The van der Waals surface area contributed by atoms with Gasteiger partial charge in [-0.05, 0) is 57.6 Å². The summed E-state index contributed by atoms with van der Waals surface area (Å²) in [6.45, 7) is 4.45. The van der Waals surface area contributed by atoms with Gasteiger partial charge in [0.05, 0.1) is 5.60 Å². The van der Waals surface area contributed by atoms with E-state index < -0.39 is 5.60 Å². The average Bonchev–Trinajstić information content (AvgIpc) is 2.96. The average molecular weight is 351 g/mol. The highest BCUT2D eigenvalue weighted by Gasteiger charge is 2.57. The van der Waals surface area contributed by atoms with Gasteiger partial charge in [0.15, 0.2) is 0 Å². The van der Waals surface area contributed by atoms with E-state index in [1.807, 2.05) is 0 Å². The Morgan fingerprint density at radius 3 is 2.12 bits per heavy atom. The van der Waals surface area contributed by atoms with Crippen LogP contribution in [0.3, 0.4) is 0 Å². The smallest absolute Gasteiger partial charge is 0.135 e. The van der Waals surface area contributed by atoms with Crippen molar-refractivity contribution >= 4 is 0 Å². The predicted molar refractivity (Wildman–Crippen MR) is 106 cm³/mol. The van der Waals surface area contributed by atoms with Gasteiger partial charge in [-0.2, -0.15) is 0 Å². The predicted octanol–water partition coefficient (Wildman–Crippen LogP) is 3.83. The van der Waals surface area contributed by atoms with Crippen LogP contribution in [0, 0.1) is 0 Å². The zero-order valence-corrected chi connectivity index (χ0v) is 16.4. The maximum atomic E-state index is 7.24. The standard InChI is InChI=1S/C23H30N2O/c1-18(24(2)3)23(19-10-6-5-7-11-19)21-13-9-8-12-20(21)22(26-23)14-16-25(4)17-15-22/h5-13,18H,14-17H2,1-4H3. The summed E-state index contributed by atoms with van der Waals surface area (Å²) in [5, 5.41) is 0. The van der Waals surface area contributed by atoms with Crippen molar-refractivity contribution < 1.29 is 4.74 Å². The third-order valence-corrected chi connectivity index (χ3v) is 6.53. The number of hydrogen-bond donors (Lipinski definition) is 0. The first-order valence-electron chi connectivity index (χ1n) is 9.70. The van der Waals surface area contributed by atoms with Gasteiger partial charge in [0.25, 0.3) is 0 Å². The number of benzene rings is 2.